The van der Waals surface area contributed by atoms with E-state index in [1.807, 2.05) is 44.2 Å². The molecule has 2 aromatic rings. The molecule has 1 atom stereocenters. The van der Waals surface area contributed by atoms with E-state index in [9.17, 15) is 9.59 Å². The SMILES string of the molecule is CC[C@@H](CN(NC(=O)c1ccccc1Br)C(=O)c1cc(C)cc(C)c1)C(C)(C)C. The van der Waals surface area contributed by atoms with Crippen LogP contribution >= 0.6 is 15.9 Å². The average Bonchev–Trinajstić information content (AvgIpc) is 2.62. The number of nitrogens with one attached hydrogen (secondary N) is 1. The molecule has 2 aromatic carbocycles. The molecule has 0 saturated heterocycles. The maximum atomic E-state index is 13.4. The van der Waals surface area contributed by atoms with Gasteiger partial charge >= 0.3 is 0 Å². The molecule has 0 heterocycles. The number of benzene rings is 2. The Kier molecular flexibility index (Phi) is 7.64. The lowest BCUT2D eigenvalue weighted by Gasteiger charge is -2.35. The number of nitrogens with zero attached hydrogens (tertiary/aromatic N) is 1. The molecule has 0 bridgehead atoms. The summed E-state index contributed by atoms with van der Waals surface area (Å²) in [4.78, 5) is 26.3. The molecule has 0 aliphatic heterocycles. The highest BCUT2D eigenvalue weighted by Crippen LogP contribution is 2.29. The van der Waals surface area contributed by atoms with Gasteiger partial charge in [0.1, 0.15) is 0 Å². The van der Waals surface area contributed by atoms with Gasteiger partial charge in [0.15, 0.2) is 0 Å². The van der Waals surface area contributed by atoms with Gasteiger partial charge in [-0.1, -0.05) is 63.4 Å². The maximum absolute atomic E-state index is 13.4. The predicted octanol–water partition coefficient (Wildman–Crippen LogP) is 5.93. The van der Waals surface area contributed by atoms with Crippen molar-refractivity contribution in [1.82, 2.24) is 10.4 Å². The van der Waals surface area contributed by atoms with Crippen molar-refractivity contribution in [2.75, 3.05) is 6.54 Å². The molecular formula is C24H31BrN2O2. The summed E-state index contributed by atoms with van der Waals surface area (Å²) in [6.45, 7) is 13.0. The molecule has 2 rings (SSSR count). The quantitative estimate of drug-likeness (QED) is 0.564. The standard InChI is InChI=1S/C24H31BrN2O2/c1-7-19(24(4,5)6)15-27(23(29)18-13-16(2)12-17(3)14-18)26-22(28)20-10-8-9-11-21(20)25/h8-14,19H,7,15H2,1-6H3,(H,26,28)/t19-/m0/s1. The summed E-state index contributed by atoms with van der Waals surface area (Å²) in [5.74, 6) is -0.268. The van der Waals surface area contributed by atoms with E-state index in [1.54, 1.807) is 12.1 Å². The minimum Gasteiger partial charge on any atom is -0.267 e. The van der Waals surface area contributed by atoms with Crippen molar-refractivity contribution in [3.05, 3.63) is 69.2 Å². The van der Waals surface area contributed by atoms with Gasteiger partial charge in [-0.3, -0.25) is 15.0 Å². The second-order valence-corrected chi connectivity index (χ2v) is 9.54. The summed E-state index contributed by atoms with van der Waals surface area (Å²) >= 11 is 3.42. The summed E-state index contributed by atoms with van der Waals surface area (Å²) in [5.41, 5.74) is 5.99. The van der Waals surface area contributed by atoms with Crippen LogP contribution in [0.2, 0.25) is 0 Å². The summed E-state index contributed by atoms with van der Waals surface area (Å²) in [5, 5.41) is 1.48. The van der Waals surface area contributed by atoms with E-state index >= 15 is 0 Å². The first-order valence-corrected chi connectivity index (χ1v) is 10.8. The Labute approximate surface area is 182 Å². The lowest BCUT2D eigenvalue weighted by atomic mass is 9.79. The van der Waals surface area contributed by atoms with Gasteiger partial charge < -0.3 is 0 Å². The smallest absolute Gasteiger partial charge is 0.267 e. The number of hydrogen-bond donors (Lipinski definition) is 1. The summed E-state index contributed by atoms with van der Waals surface area (Å²) in [7, 11) is 0. The molecule has 29 heavy (non-hydrogen) atoms. The molecule has 156 valence electrons. The average molecular weight is 459 g/mol. The van der Waals surface area contributed by atoms with E-state index in [0.717, 1.165) is 17.5 Å². The zero-order chi connectivity index (χ0) is 21.8. The molecule has 0 fully saturated rings. The molecule has 2 amide bonds. The Balaban J connectivity index is 2.38. The molecule has 0 aliphatic rings. The van der Waals surface area contributed by atoms with E-state index in [-0.39, 0.29) is 23.1 Å². The molecule has 0 saturated carbocycles. The van der Waals surface area contributed by atoms with E-state index in [1.165, 1.54) is 5.01 Å². The fourth-order valence-electron chi connectivity index (χ4n) is 3.50. The Hall–Kier alpha value is -2.14. The Morgan fingerprint density at radius 1 is 1.07 bits per heavy atom. The fraction of sp³-hybridized carbons (Fsp3) is 0.417. The molecule has 0 spiro atoms. The van der Waals surface area contributed by atoms with Crippen molar-refractivity contribution in [3.63, 3.8) is 0 Å². The summed E-state index contributed by atoms with van der Waals surface area (Å²) < 4.78 is 0.694. The third-order valence-corrected chi connectivity index (χ3v) is 5.88. The van der Waals surface area contributed by atoms with Gasteiger partial charge in [-0.25, -0.2) is 5.01 Å². The van der Waals surface area contributed by atoms with E-state index in [0.29, 0.717) is 22.1 Å². The van der Waals surface area contributed by atoms with Crippen LogP contribution in [0.3, 0.4) is 0 Å². The molecule has 5 heteroatoms. The first-order valence-electron chi connectivity index (χ1n) is 9.98. The fourth-order valence-corrected chi connectivity index (χ4v) is 3.96. The number of hydrogen-bond acceptors (Lipinski definition) is 2. The van der Waals surface area contributed by atoms with Crippen molar-refractivity contribution < 1.29 is 9.59 Å². The normalized spacial score (nSPS) is 12.4. The molecule has 0 aliphatic carbocycles. The number of carbonyl (C=O) groups excluding carboxylic acids is 2. The minimum absolute atomic E-state index is 0.00780. The Morgan fingerprint density at radius 3 is 2.17 bits per heavy atom. The summed E-state index contributed by atoms with van der Waals surface area (Å²) in [6, 6.07) is 13.0. The van der Waals surface area contributed by atoms with Crippen molar-refractivity contribution in [1.29, 1.82) is 0 Å². The Morgan fingerprint density at radius 2 is 1.66 bits per heavy atom. The van der Waals surface area contributed by atoms with Gasteiger partial charge in [0, 0.05) is 16.6 Å². The van der Waals surface area contributed by atoms with Gasteiger partial charge in [-0.05, 0) is 65.4 Å². The van der Waals surface area contributed by atoms with Gasteiger partial charge in [0.2, 0.25) is 0 Å². The number of rotatable bonds is 5. The second-order valence-electron chi connectivity index (χ2n) is 8.68. The van der Waals surface area contributed by atoms with Crippen molar-refractivity contribution in [2.45, 2.75) is 48.0 Å². The third kappa shape index (κ3) is 6.17. The number of aryl methyl sites for hydroxylation is 2. The minimum atomic E-state index is -0.307. The van der Waals surface area contributed by atoms with Crippen LogP contribution in [0.1, 0.15) is 66.0 Å². The van der Waals surface area contributed by atoms with E-state index in [4.69, 9.17) is 0 Å². The molecule has 0 unspecified atom stereocenters. The van der Waals surface area contributed by atoms with Crippen LogP contribution in [-0.2, 0) is 0 Å². The van der Waals surface area contributed by atoms with E-state index < -0.39 is 0 Å². The number of amides is 2. The summed E-state index contributed by atoms with van der Waals surface area (Å²) in [6.07, 6.45) is 0.908. The number of carbonyl (C=O) groups is 2. The molecular weight excluding hydrogens is 428 g/mol. The van der Waals surface area contributed by atoms with E-state index in [2.05, 4.69) is 49.1 Å². The van der Waals surface area contributed by atoms with Gasteiger partial charge in [0.05, 0.1) is 5.56 Å². The number of hydrazine groups is 1. The lowest BCUT2D eigenvalue weighted by Crippen LogP contribution is -2.50. The third-order valence-electron chi connectivity index (χ3n) is 5.19. The van der Waals surface area contributed by atoms with Crippen LogP contribution in [-0.4, -0.2) is 23.4 Å². The van der Waals surface area contributed by atoms with Gasteiger partial charge in [0.25, 0.3) is 11.8 Å². The largest absolute Gasteiger partial charge is 0.272 e. The predicted molar refractivity (Wildman–Crippen MR) is 122 cm³/mol. The topological polar surface area (TPSA) is 49.4 Å². The first-order chi connectivity index (χ1) is 13.5. The molecule has 0 aromatic heterocycles. The van der Waals surface area contributed by atoms with Crippen LogP contribution in [0.5, 0.6) is 0 Å². The van der Waals surface area contributed by atoms with Crippen LogP contribution < -0.4 is 5.43 Å². The van der Waals surface area contributed by atoms with Crippen LogP contribution in [0.15, 0.2) is 46.9 Å². The highest BCUT2D eigenvalue weighted by atomic mass is 79.9. The highest BCUT2D eigenvalue weighted by molar-refractivity contribution is 9.10. The zero-order valence-electron chi connectivity index (χ0n) is 18.2. The van der Waals surface area contributed by atoms with Crippen molar-refractivity contribution in [2.24, 2.45) is 11.3 Å². The van der Waals surface area contributed by atoms with Crippen molar-refractivity contribution in [3.8, 4) is 0 Å². The van der Waals surface area contributed by atoms with Crippen LogP contribution in [0, 0.1) is 25.2 Å². The monoisotopic (exact) mass is 458 g/mol. The van der Waals surface area contributed by atoms with Crippen LogP contribution in [0.25, 0.3) is 0 Å². The first kappa shape index (κ1) is 23.1. The lowest BCUT2D eigenvalue weighted by molar-refractivity contribution is 0.0480. The second kappa shape index (κ2) is 9.57. The number of halogens is 1. The molecule has 0 radical (unpaired) electrons. The maximum Gasteiger partial charge on any atom is 0.272 e. The van der Waals surface area contributed by atoms with Crippen molar-refractivity contribution >= 4 is 27.7 Å². The zero-order valence-corrected chi connectivity index (χ0v) is 19.8. The Bertz CT molecular complexity index is 866. The van der Waals surface area contributed by atoms with Gasteiger partial charge in [-0.15, -0.1) is 0 Å². The molecule has 1 N–H and O–H groups in total. The highest BCUT2D eigenvalue weighted by Gasteiger charge is 2.29. The van der Waals surface area contributed by atoms with Crippen LogP contribution in [0.4, 0.5) is 0 Å². The van der Waals surface area contributed by atoms with Gasteiger partial charge in [-0.2, -0.15) is 0 Å². The molecule has 4 nitrogen and oxygen atoms in total.